The summed E-state index contributed by atoms with van der Waals surface area (Å²) in [5, 5.41) is 5.34. The van der Waals surface area contributed by atoms with Gasteiger partial charge < -0.3 is 10.5 Å². The summed E-state index contributed by atoms with van der Waals surface area (Å²) >= 11 is 12.0. The van der Waals surface area contributed by atoms with Gasteiger partial charge in [0.25, 0.3) is 0 Å². The third kappa shape index (κ3) is 3.41. The van der Waals surface area contributed by atoms with Crippen LogP contribution in [0.25, 0.3) is 0 Å². The van der Waals surface area contributed by atoms with E-state index in [0.717, 1.165) is 5.69 Å². The van der Waals surface area contributed by atoms with Gasteiger partial charge in [-0.3, -0.25) is 4.68 Å². The minimum atomic E-state index is -0.339. The molecule has 0 aliphatic heterocycles. The number of ether oxygens (including phenoxy) is 1. The number of aryl methyl sites for hydroxylation is 1. The monoisotopic (exact) mass is 299 g/mol. The first-order valence-electron chi connectivity index (χ1n) is 5.97. The van der Waals surface area contributed by atoms with Crippen LogP contribution in [-0.4, -0.2) is 16.4 Å². The summed E-state index contributed by atoms with van der Waals surface area (Å²) in [4.78, 5) is 0. The molecule has 19 heavy (non-hydrogen) atoms. The van der Waals surface area contributed by atoms with Crippen LogP contribution >= 0.6 is 23.2 Å². The van der Waals surface area contributed by atoms with Gasteiger partial charge in [-0.1, -0.05) is 29.3 Å². The third-order valence-corrected chi connectivity index (χ3v) is 3.24. The zero-order chi connectivity index (χ0) is 13.8. The van der Waals surface area contributed by atoms with Gasteiger partial charge >= 0.3 is 0 Å². The number of nitrogens with two attached hydrogens (primary N) is 1. The van der Waals surface area contributed by atoms with Crippen molar-refractivity contribution in [1.82, 2.24) is 9.78 Å². The third-order valence-electron chi connectivity index (χ3n) is 2.71. The van der Waals surface area contributed by atoms with Crippen LogP contribution in [0.15, 0.2) is 30.5 Å². The Morgan fingerprint density at radius 1 is 1.42 bits per heavy atom. The minimum Gasteiger partial charge on any atom is -0.492 e. The number of halogens is 2. The van der Waals surface area contributed by atoms with Crippen LogP contribution in [0.1, 0.15) is 18.7 Å². The topological polar surface area (TPSA) is 53.1 Å². The van der Waals surface area contributed by atoms with Gasteiger partial charge in [-0.15, -0.1) is 0 Å². The van der Waals surface area contributed by atoms with Crippen molar-refractivity contribution in [3.8, 4) is 5.75 Å². The number of hydrogen-bond donors (Lipinski definition) is 1. The maximum absolute atomic E-state index is 6.10. The lowest BCUT2D eigenvalue weighted by molar-refractivity contribution is 0.284. The maximum atomic E-state index is 6.10. The Morgan fingerprint density at radius 3 is 2.89 bits per heavy atom. The van der Waals surface area contributed by atoms with Crippen LogP contribution in [0.5, 0.6) is 5.75 Å². The van der Waals surface area contributed by atoms with Gasteiger partial charge in [0, 0.05) is 11.6 Å². The summed E-state index contributed by atoms with van der Waals surface area (Å²) in [6.45, 7) is 3.01. The van der Waals surface area contributed by atoms with E-state index in [1.807, 2.05) is 19.1 Å². The van der Waals surface area contributed by atoms with Crippen LogP contribution in [-0.2, 0) is 6.54 Å². The number of hydrogen-bond acceptors (Lipinski definition) is 3. The second-order valence-corrected chi connectivity index (χ2v) is 4.91. The lowest BCUT2D eigenvalue weighted by Gasteiger charge is -2.15. The van der Waals surface area contributed by atoms with E-state index in [-0.39, 0.29) is 6.04 Å². The highest BCUT2D eigenvalue weighted by Gasteiger charge is 2.16. The molecular formula is C13H15Cl2N3O. The molecule has 1 atom stereocenters. The van der Waals surface area contributed by atoms with E-state index in [1.54, 1.807) is 23.0 Å². The van der Waals surface area contributed by atoms with Gasteiger partial charge in [0.05, 0.1) is 23.0 Å². The molecule has 1 aromatic heterocycles. The molecule has 2 aromatic rings. The molecular weight excluding hydrogens is 285 g/mol. The van der Waals surface area contributed by atoms with Gasteiger partial charge in [0.2, 0.25) is 0 Å². The minimum absolute atomic E-state index is 0.311. The zero-order valence-electron chi connectivity index (χ0n) is 10.5. The Kier molecular flexibility index (Phi) is 4.69. The van der Waals surface area contributed by atoms with Crippen molar-refractivity contribution in [3.63, 3.8) is 0 Å². The molecule has 1 heterocycles. The van der Waals surface area contributed by atoms with Crippen molar-refractivity contribution in [3.05, 3.63) is 46.2 Å². The van der Waals surface area contributed by atoms with Crippen molar-refractivity contribution in [2.24, 2.45) is 5.73 Å². The van der Waals surface area contributed by atoms with Crippen LogP contribution in [0.2, 0.25) is 10.0 Å². The Hall–Kier alpha value is -1.23. The Labute approximate surface area is 122 Å². The second kappa shape index (κ2) is 6.28. The number of rotatable bonds is 5. The van der Waals surface area contributed by atoms with Gasteiger partial charge in [0.1, 0.15) is 12.4 Å². The molecule has 4 nitrogen and oxygen atoms in total. The predicted octanol–water partition coefficient (Wildman–Crippen LogP) is 3.29. The lowest BCUT2D eigenvalue weighted by Crippen LogP contribution is -2.23. The number of aromatic nitrogens is 2. The van der Waals surface area contributed by atoms with E-state index >= 15 is 0 Å². The van der Waals surface area contributed by atoms with E-state index < -0.39 is 0 Å². The van der Waals surface area contributed by atoms with Gasteiger partial charge in [-0.05, 0) is 25.1 Å². The summed E-state index contributed by atoms with van der Waals surface area (Å²) in [5.74, 6) is 0.682. The van der Waals surface area contributed by atoms with Crippen LogP contribution in [0.3, 0.4) is 0 Å². The molecule has 2 rings (SSSR count). The van der Waals surface area contributed by atoms with Crippen LogP contribution in [0, 0.1) is 0 Å². The van der Waals surface area contributed by atoms with Crippen molar-refractivity contribution < 1.29 is 4.74 Å². The fourth-order valence-electron chi connectivity index (χ4n) is 1.81. The fourth-order valence-corrected chi connectivity index (χ4v) is 2.28. The van der Waals surface area contributed by atoms with E-state index in [0.29, 0.717) is 28.9 Å². The first-order valence-corrected chi connectivity index (χ1v) is 6.72. The van der Waals surface area contributed by atoms with Gasteiger partial charge in [-0.25, -0.2) is 0 Å². The average molecular weight is 300 g/mol. The highest BCUT2D eigenvalue weighted by atomic mass is 35.5. The molecule has 6 heteroatoms. The molecule has 1 unspecified atom stereocenters. The van der Waals surface area contributed by atoms with Crippen molar-refractivity contribution in [1.29, 1.82) is 0 Å². The molecule has 1 aromatic carbocycles. The van der Waals surface area contributed by atoms with E-state index in [2.05, 4.69) is 5.10 Å². The molecule has 0 fully saturated rings. The van der Waals surface area contributed by atoms with Crippen molar-refractivity contribution in [2.45, 2.75) is 19.5 Å². The Bertz CT molecular complexity index is 557. The molecule has 0 aliphatic rings. The summed E-state index contributed by atoms with van der Waals surface area (Å²) in [6.07, 6.45) is 1.60. The van der Waals surface area contributed by atoms with Crippen LogP contribution in [0.4, 0.5) is 0 Å². The van der Waals surface area contributed by atoms with Crippen molar-refractivity contribution in [2.75, 3.05) is 6.61 Å². The van der Waals surface area contributed by atoms with Gasteiger partial charge in [-0.2, -0.15) is 5.10 Å². The quantitative estimate of drug-likeness (QED) is 0.922. The molecule has 0 saturated heterocycles. The summed E-state index contributed by atoms with van der Waals surface area (Å²) in [7, 11) is 0. The highest BCUT2D eigenvalue weighted by Crippen LogP contribution is 2.23. The molecule has 0 aliphatic carbocycles. The summed E-state index contributed by atoms with van der Waals surface area (Å²) in [5.41, 5.74) is 6.88. The summed E-state index contributed by atoms with van der Waals surface area (Å²) < 4.78 is 7.39. The molecule has 102 valence electrons. The first kappa shape index (κ1) is 14.2. The lowest BCUT2D eigenvalue weighted by atomic mass is 10.2. The smallest absolute Gasteiger partial charge is 0.120 e. The molecule has 0 bridgehead atoms. The zero-order valence-corrected chi connectivity index (χ0v) is 12.0. The fraction of sp³-hybridized carbons (Fsp3) is 0.308. The molecule has 0 amide bonds. The Morgan fingerprint density at radius 2 is 2.21 bits per heavy atom. The largest absolute Gasteiger partial charge is 0.492 e. The molecule has 0 saturated carbocycles. The maximum Gasteiger partial charge on any atom is 0.120 e. The summed E-state index contributed by atoms with van der Waals surface area (Å²) in [6, 6.07) is 6.85. The second-order valence-electron chi connectivity index (χ2n) is 4.07. The average Bonchev–Trinajstić information content (AvgIpc) is 2.77. The van der Waals surface area contributed by atoms with Crippen LogP contribution < -0.4 is 10.5 Å². The normalized spacial score (nSPS) is 12.4. The Balaban J connectivity index is 2.05. The van der Waals surface area contributed by atoms with E-state index in [4.69, 9.17) is 33.7 Å². The highest BCUT2D eigenvalue weighted by molar-refractivity contribution is 6.31. The van der Waals surface area contributed by atoms with Gasteiger partial charge in [0.15, 0.2) is 0 Å². The number of nitrogens with zero attached hydrogens (tertiary/aromatic N) is 2. The van der Waals surface area contributed by atoms with E-state index in [1.165, 1.54) is 0 Å². The predicted molar refractivity (Wildman–Crippen MR) is 76.8 cm³/mol. The van der Waals surface area contributed by atoms with Crippen molar-refractivity contribution >= 4 is 23.2 Å². The number of benzene rings is 1. The standard InChI is InChI=1S/C13H15Cl2N3O/c1-2-18-13(11(15)7-17-18)12(16)8-19-10-5-3-4-9(14)6-10/h3-7,12H,2,8,16H2,1H3. The first-order chi connectivity index (χ1) is 9.11. The molecule has 0 radical (unpaired) electrons. The van der Waals surface area contributed by atoms with E-state index in [9.17, 15) is 0 Å². The molecule has 2 N–H and O–H groups in total. The SMILES string of the molecule is CCn1ncc(Cl)c1C(N)COc1cccc(Cl)c1. The molecule has 0 spiro atoms.